The van der Waals surface area contributed by atoms with E-state index in [1.807, 2.05) is 0 Å². The lowest BCUT2D eigenvalue weighted by Gasteiger charge is -2.21. The van der Waals surface area contributed by atoms with Gasteiger partial charge in [0.25, 0.3) is 0 Å². The van der Waals surface area contributed by atoms with Crippen LogP contribution in [0, 0.1) is 11.8 Å². The number of halogens is 1. The van der Waals surface area contributed by atoms with Gasteiger partial charge in [0.05, 0.1) is 4.32 Å². The molecule has 2 aliphatic rings. The van der Waals surface area contributed by atoms with E-state index in [0.717, 1.165) is 12.7 Å². The topological polar surface area (TPSA) is 17.1 Å². The van der Waals surface area contributed by atoms with E-state index in [9.17, 15) is 4.79 Å². The van der Waals surface area contributed by atoms with Crippen LogP contribution < -0.4 is 0 Å². The Bertz CT molecular complexity index is 199. The van der Waals surface area contributed by atoms with Crippen molar-refractivity contribution in [1.29, 1.82) is 0 Å². The summed E-state index contributed by atoms with van der Waals surface area (Å²) in [5.74, 6) is 1.13. The Morgan fingerprint density at radius 3 is 2.70 bits per heavy atom. The van der Waals surface area contributed by atoms with E-state index < -0.39 is 0 Å². The lowest BCUT2D eigenvalue weighted by molar-refractivity contribution is -0.110. The first-order valence-electron chi connectivity index (χ1n) is 3.58. The highest BCUT2D eigenvalue weighted by atomic mass is 79.9. The summed E-state index contributed by atoms with van der Waals surface area (Å²) in [4.78, 5) is 10.6. The molecule has 0 N–H and O–H groups in total. The summed E-state index contributed by atoms with van der Waals surface area (Å²) in [6, 6.07) is 0. The molecule has 54 valence electrons. The van der Waals surface area contributed by atoms with Crippen LogP contribution in [-0.4, -0.2) is 10.6 Å². The van der Waals surface area contributed by atoms with E-state index in [1.54, 1.807) is 0 Å². The van der Waals surface area contributed by atoms with Gasteiger partial charge in [-0.2, -0.15) is 0 Å². The third kappa shape index (κ3) is 0.715. The third-order valence-electron chi connectivity index (χ3n) is 2.56. The number of fused-ring (bicyclic) bond motifs is 2. The zero-order chi connectivity index (χ0) is 7.19. The summed E-state index contributed by atoms with van der Waals surface area (Å²) in [6.07, 6.45) is 7.62. The fourth-order valence-corrected chi connectivity index (χ4v) is 2.73. The molecule has 1 fully saturated rings. The average molecular weight is 201 g/mol. The monoisotopic (exact) mass is 200 g/mol. The van der Waals surface area contributed by atoms with Gasteiger partial charge in [-0.3, -0.25) is 0 Å². The molecule has 10 heavy (non-hydrogen) atoms. The number of carbonyl (C=O) groups excluding carboxylic acids is 1. The van der Waals surface area contributed by atoms with Crippen molar-refractivity contribution in [3.8, 4) is 0 Å². The lowest BCUT2D eigenvalue weighted by Crippen LogP contribution is -2.27. The molecule has 0 aromatic rings. The summed E-state index contributed by atoms with van der Waals surface area (Å²) in [7, 11) is 0. The Morgan fingerprint density at radius 1 is 1.60 bits per heavy atom. The van der Waals surface area contributed by atoms with Gasteiger partial charge in [-0.05, 0) is 24.7 Å². The third-order valence-corrected chi connectivity index (χ3v) is 3.66. The minimum Gasteiger partial charge on any atom is -0.302 e. The molecule has 2 bridgehead atoms. The quantitative estimate of drug-likeness (QED) is 0.360. The predicted molar refractivity (Wildman–Crippen MR) is 43.1 cm³/mol. The molecule has 0 aromatic heterocycles. The molecule has 0 amide bonds. The van der Waals surface area contributed by atoms with Crippen LogP contribution in [0.5, 0.6) is 0 Å². The van der Waals surface area contributed by atoms with Crippen LogP contribution in [0.2, 0.25) is 0 Å². The molecule has 3 atom stereocenters. The molecule has 1 nitrogen and oxygen atoms in total. The van der Waals surface area contributed by atoms with Crippen LogP contribution in [0.3, 0.4) is 0 Å². The highest BCUT2D eigenvalue weighted by molar-refractivity contribution is 9.10. The molecule has 0 aromatic carbocycles. The highest BCUT2D eigenvalue weighted by Gasteiger charge is 2.46. The Morgan fingerprint density at radius 2 is 2.40 bits per heavy atom. The van der Waals surface area contributed by atoms with Crippen LogP contribution in [0.4, 0.5) is 0 Å². The number of carbonyl (C=O) groups is 1. The van der Waals surface area contributed by atoms with Gasteiger partial charge in [-0.25, -0.2) is 0 Å². The van der Waals surface area contributed by atoms with Crippen LogP contribution in [0.1, 0.15) is 12.8 Å². The number of allylic oxidation sites excluding steroid dienone is 2. The van der Waals surface area contributed by atoms with Gasteiger partial charge in [-0.15, -0.1) is 0 Å². The molecule has 0 spiro atoms. The Hall–Kier alpha value is -0.110. The van der Waals surface area contributed by atoms with Gasteiger partial charge >= 0.3 is 0 Å². The molecule has 0 saturated heterocycles. The first-order valence-corrected chi connectivity index (χ1v) is 4.37. The van der Waals surface area contributed by atoms with Gasteiger partial charge in [0.2, 0.25) is 0 Å². The van der Waals surface area contributed by atoms with Gasteiger partial charge in [0.15, 0.2) is 0 Å². The molecule has 1 saturated carbocycles. The van der Waals surface area contributed by atoms with Crippen molar-refractivity contribution in [2.75, 3.05) is 0 Å². The fraction of sp³-hybridized carbons (Fsp3) is 0.625. The maximum absolute atomic E-state index is 10.6. The van der Waals surface area contributed by atoms with Gasteiger partial charge in [0, 0.05) is 0 Å². The fourth-order valence-electron chi connectivity index (χ4n) is 1.97. The van der Waals surface area contributed by atoms with Crippen molar-refractivity contribution >= 4 is 22.2 Å². The summed E-state index contributed by atoms with van der Waals surface area (Å²) in [5.41, 5.74) is 0. The van der Waals surface area contributed by atoms with Gasteiger partial charge in [0.1, 0.15) is 6.29 Å². The Balaban J connectivity index is 2.30. The van der Waals surface area contributed by atoms with Crippen LogP contribution in [0.25, 0.3) is 0 Å². The minimum absolute atomic E-state index is 0.202. The zero-order valence-corrected chi connectivity index (χ0v) is 7.17. The standard InChI is InChI=1S/C8H9BrO/c9-8(5-10)4-6-1-2-7(8)3-6/h1-2,5-7H,3-4H2/t6-,7+,8?/m0/s1. The largest absolute Gasteiger partial charge is 0.302 e. The smallest absolute Gasteiger partial charge is 0.137 e. The lowest BCUT2D eigenvalue weighted by atomic mass is 9.95. The van der Waals surface area contributed by atoms with E-state index in [1.165, 1.54) is 6.42 Å². The summed E-state index contributed by atoms with van der Waals surface area (Å²) in [5, 5.41) is 0. The van der Waals surface area contributed by atoms with E-state index in [0.29, 0.717) is 11.8 Å². The predicted octanol–water partition coefficient (Wildman–Crippen LogP) is 1.92. The first kappa shape index (κ1) is 6.59. The number of rotatable bonds is 1. The SMILES string of the molecule is O=CC1(Br)C[C@H]2C=C[C@@H]1C2. The van der Waals surface area contributed by atoms with Gasteiger partial charge < -0.3 is 4.79 Å². The van der Waals surface area contributed by atoms with E-state index in [-0.39, 0.29) is 4.32 Å². The van der Waals surface area contributed by atoms with Crippen molar-refractivity contribution < 1.29 is 4.79 Å². The first-order chi connectivity index (χ1) is 4.74. The van der Waals surface area contributed by atoms with E-state index in [2.05, 4.69) is 28.1 Å². The van der Waals surface area contributed by atoms with Crippen LogP contribution in [-0.2, 0) is 4.79 Å². The second kappa shape index (κ2) is 1.94. The highest BCUT2D eigenvalue weighted by Crippen LogP contribution is 2.49. The zero-order valence-electron chi connectivity index (χ0n) is 5.59. The van der Waals surface area contributed by atoms with Crippen LogP contribution in [0.15, 0.2) is 12.2 Å². The average Bonchev–Trinajstić information content (AvgIpc) is 2.46. The number of alkyl halides is 1. The Kier molecular flexibility index (Phi) is 1.28. The van der Waals surface area contributed by atoms with Crippen molar-refractivity contribution in [3.05, 3.63) is 12.2 Å². The molecular formula is C8H9BrO. The van der Waals surface area contributed by atoms with E-state index >= 15 is 0 Å². The molecule has 1 unspecified atom stereocenters. The normalized spacial score (nSPS) is 50.1. The van der Waals surface area contributed by atoms with Crippen LogP contribution >= 0.6 is 15.9 Å². The molecule has 2 rings (SSSR count). The minimum atomic E-state index is -0.202. The molecule has 2 aliphatic carbocycles. The van der Waals surface area contributed by atoms with Crippen molar-refractivity contribution in [2.24, 2.45) is 11.8 Å². The second-order valence-corrected chi connectivity index (χ2v) is 4.71. The van der Waals surface area contributed by atoms with Gasteiger partial charge in [-0.1, -0.05) is 28.1 Å². The molecule has 0 heterocycles. The van der Waals surface area contributed by atoms with Crippen molar-refractivity contribution in [3.63, 3.8) is 0 Å². The summed E-state index contributed by atoms with van der Waals surface area (Å²) in [6.45, 7) is 0. The summed E-state index contributed by atoms with van der Waals surface area (Å²) < 4.78 is -0.202. The molecule has 2 heteroatoms. The summed E-state index contributed by atoms with van der Waals surface area (Å²) >= 11 is 3.48. The molecule has 0 radical (unpaired) electrons. The number of hydrogen-bond acceptors (Lipinski definition) is 1. The maximum Gasteiger partial charge on any atom is 0.137 e. The van der Waals surface area contributed by atoms with Crippen molar-refractivity contribution in [1.82, 2.24) is 0 Å². The molecule has 0 aliphatic heterocycles. The van der Waals surface area contributed by atoms with E-state index in [4.69, 9.17) is 0 Å². The number of aldehydes is 1. The Labute approximate surface area is 68.6 Å². The van der Waals surface area contributed by atoms with Crippen molar-refractivity contribution in [2.45, 2.75) is 17.2 Å². The number of hydrogen-bond donors (Lipinski definition) is 0. The second-order valence-electron chi connectivity index (χ2n) is 3.24. The maximum atomic E-state index is 10.6. The molecular weight excluding hydrogens is 192 g/mol.